The van der Waals surface area contributed by atoms with Crippen LogP contribution in [0.25, 0.3) is 11.1 Å². The van der Waals surface area contributed by atoms with Crippen LogP contribution < -0.4 is 5.32 Å². The standard InChI is InChI=1S/C17H15NO5/c19-15(16(20)21)18-17(22)23-9-14-12-7-3-1-5-10(12)11-6-2-4-8-13(11)14/h1-8,14-15,19H,9H2,(H,18,22)(H,20,21)/t15-/m1/s1. The third kappa shape index (κ3) is 2.89. The number of hydrogen-bond donors (Lipinski definition) is 3. The lowest BCUT2D eigenvalue weighted by Gasteiger charge is -2.15. The second kappa shape index (κ2) is 6.10. The van der Waals surface area contributed by atoms with Crippen molar-refractivity contribution in [3.8, 4) is 11.1 Å². The first-order chi connectivity index (χ1) is 11.1. The quantitative estimate of drug-likeness (QED) is 0.750. The number of carboxylic acids is 1. The first kappa shape index (κ1) is 15.1. The highest BCUT2D eigenvalue weighted by atomic mass is 16.6. The van der Waals surface area contributed by atoms with E-state index in [9.17, 15) is 9.59 Å². The zero-order valence-corrected chi connectivity index (χ0v) is 12.1. The van der Waals surface area contributed by atoms with Crippen molar-refractivity contribution in [2.45, 2.75) is 12.1 Å². The first-order valence-corrected chi connectivity index (χ1v) is 7.10. The van der Waals surface area contributed by atoms with Crippen LogP contribution in [0, 0.1) is 0 Å². The van der Waals surface area contributed by atoms with Crippen LogP contribution in [0.4, 0.5) is 4.79 Å². The fraction of sp³-hybridized carbons (Fsp3) is 0.176. The Morgan fingerprint density at radius 2 is 1.57 bits per heavy atom. The topological polar surface area (TPSA) is 95.9 Å². The average molecular weight is 313 g/mol. The number of hydrogen-bond acceptors (Lipinski definition) is 4. The van der Waals surface area contributed by atoms with Crippen molar-refractivity contribution in [2.24, 2.45) is 0 Å². The Morgan fingerprint density at radius 3 is 2.09 bits per heavy atom. The SMILES string of the molecule is O=C(N[C@H](O)C(=O)O)OCC1c2ccccc2-c2ccccc21. The zero-order chi connectivity index (χ0) is 16.4. The maximum atomic E-state index is 11.6. The molecule has 6 nitrogen and oxygen atoms in total. The summed E-state index contributed by atoms with van der Waals surface area (Å²) in [6.45, 7) is 0.0617. The van der Waals surface area contributed by atoms with Gasteiger partial charge < -0.3 is 14.9 Å². The lowest BCUT2D eigenvalue weighted by molar-refractivity contribution is -0.148. The number of aliphatic carboxylic acids is 1. The number of rotatable bonds is 4. The van der Waals surface area contributed by atoms with Crippen molar-refractivity contribution in [3.05, 3.63) is 59.7 Å². The molecule has 23 heavy (non-hydrogen) atoms. The number of carbonyl (C=O) groups excluding carboxylic acids is 1. The summed E-state index contributed by atoms with van der Waals surface area (Å²) in [6, 6.07) is 15.7. The summed E-state index contributed by atoms with van der Waals surface area (Å²) in [6.07, 6.45) is -2.95. The molecule has 1 atom stereocenters. The molecule has 0 aromatic heterocycles. The number of fused-ring (bicyclic) bond motifs is 3. The van der Waals surface area contributed by atoms with Crippen LogP contribution in [-0.2, 0) is 9.53 Å². The number of aliphatic hydroxyl groups excluding tert-OH is 1. The van der Waals surface area contributed by atoms with E-state index in [-0.39, 0.29) is 12.5 Å². The minimum atomic E-state index is -1.98. The third-order valence-electron chi connectivity index (χ3n) is 3.83. The number of carboxylic acid groups (broad SMARTS) is 1. The van der Waals surface area contributed by atoms with Gasteiger partial charge in [0.1, 0.15) is 6.61 Å². The Labute approximate surface area is 132 Å². The molecule has 0 unspecified atom stereocenters. The molecule has 2 aromatic carbocycles. The van der Waals surface area contributed by atoms with Gasteiger partial charge in [0.05, 0.1) is 0 Å². The third-order valence-corrected chi connectivity index (χ3v) is 3.83. The monoisotopic (exact) mass is 313 g/mol. The summed E-state index contributed by atoms with van der Waals surface area (Å²) in [7, 11) is 0. The predicted molar refractivity (Wildman–Crippen MR) is 81.8 cm³/mol. The minimum Gasteiger partial charge on any atom is -0.478 e. The molecule has 0 saturated heterocycles. The molecule has 1 aliphatic rings. The lowest BCUT2D eigenvalue weighted by Crippen LogP contribution is -2.41. The molecular formula is C17H15NO5. The number of benzene rings is 2. The van der Waals surface area contributed by atoms with Gasteiger partial charge in [-0.05, 0) is 22.3 Å². The summed E-state index contributed by atoms with van der Waals surface area (Å²) in [5, 5.41) is 19.5. The van der Waals surface area contributed by atoms with E-state index in [1.54, 1.807) is 0 Å². The van der Waals surface area contributed by atoms with E-state index in [0.717, 1.165) is 22.3 Å². The summed E-state index contributed by atoms with van der Waals surface area (Å²) in [5.74, 6) is -1.66. The molecule has 3 N–H and O–H groups in total. The first-order valence-electron chi connectivity index (χ1n) is 7.10. The lowest BCUT2D eigenvalue weighted by atomic mass is 9.98. The van der Waals surface area contributed by atoms with Gasteiger partial charge in [0.2, 0.25) is 6.23 Å². The largest absolute Gasteiger partial charge is 0.478 e. The molecule has 0 saturated carbocycles. The smallest absolute Gasteiger partial charge is 0.409 e. The molecule has 1 amide bonds. The Kier molecular flexibility index (Phi) is 3.99. The molecule has 0 heterocycles. The Bertz CT molecular complexity index is 713. The van der Waals surface area contributed by atoms with Crippen LogP contribution in [0.2, 0.25) is 0 Å². The van der Waals surface area contributed by atoms with Crippen LogP contribution in [-0.4, -0.2) is 35.1 Å². The van der Waals surface area contributed by atoms with E-state index in [1.165, 1.54) is 0 Å². The van der Waals surface area contributed by atoms with Crippen molar-refractivity contribution in [1.29, 1.82) is 0 Å². The van der Waals surface area contributed by atoms with Gasteiger partial charge in [-0.15, -0.1) is 0 Å². The van der Waals surface area contributed by atoms with E-state index in [4.69, 9.17) is 14.9 Å². The van der Waals surface area contributed by atoms with Gasteiger partial charge in [-0.3, -0.25) is 5.32 Å². The number of aliphatic hydroxyl groups is 1. The van der Waals surface area contributed by atoms with E-state index in [2.05, 4.69) is 0 Å². The molecule has 118 valence electrons. The van der Waals surface area contributed by atoms with Crippen LogP contribution in [0.15, 0.2) is 48.5 Å². The maximum absolute atomic E-state index is 11.6. The van der Waals surface area contributed by atoms with E-state index in [0.29, 0.717) is 0 Å². The Morgan fingerprint density at radius 1 is 1.04 bits per heavy atom. The molecular weight excluding hydrogens is 298 g/mol. The summed E-state index contributed by atoms with van der Waals surface area (Å²) < 4.78 is 5.09. The van der Waals surface area contributed by atoms with Crippen LogP contribution in [0.1, 0.15) is 17.0 Å². The van der Waals surface area contributed by atoms with Crippen molar-refractivity contribution >= 4 is 12.1 Å². The highest BCUT2D eigenvalue weighted by Gasteiger charge is 2.29. The molecule has 0 radical (unpaired) electrons. The number of amides is 1. The molecule has 3 rings (SSSR count). The number of ether oxygens (including phenoxy) is 1. The van der Waals surface area contributed by atoms with Crippen LogP contribution >= 0.6 is 0 Å². The van der Waals surface area contributed by atoms with E-state index >= 15 is 0 Å². The van der Waals surface area contributed by atoms with Gasteiger partial charge in [-0.2, -0.15) is 0 Å². The van der Waals surface area contributed by atoms with E-state index in [1.807, 2.05) is 53.8 Å². The molecule has 0 bridgehead atoms. The number of alkyl carbamates (subject to hydrolysis) is 1. The molecule has 1 aliphatic carbocycles. The maximum Gasteiger partial charge on any atom is 0.409 e. The molecule has 0 spiro atoms. The highest BCUT2D eigenvalue weighted by molar-refractivity contribution is 5.80. The molecule has 2 aromatic rings. The minimum absolute atomic E-state index is 0.0617. The Balaban J connectivity index is 1.76. The average Bonchev–Trinajstić information content (AvgIpc) is 2.87. The van der Waals surface area contributed by atoms with Crippen molar-refractivity contribution in [1.82, 2.24) is 5.32 Å². The number of carbonyl (C=O) groups is 2. The second-order valence-electron chi connectivity index (χ2n) is 5.21. The fourth-order valence-electron chi connectivity index (χ4n) is 2.81. The highest BCUT2D eigenvalue weighted by Crippen LogP contribution is 2.44. The van der Waals surface area contributed by atoms with Crippen molar-refractivity contribution < 1.29 is 24.5 Å². The zero-order valence-electron chi connectivity index (χ0n) is 12.1. The van der Waals surface area contributed by atoms with Gasteiger partial charge in [0, 0.05) is 5.92 Å². The van der Waals surface area contributed by atoms with Gasteiger partial charge in [-0.25, -0.2) is 9.59 Å². The Hall–Kier alpha value is -2.86. The second-order valence-corrected chi connectivity index (χ2v) is 5.21. The normalized spacial score (nSPS) is 13.8. The summed E-state index contributed by atoms with van der Waals surface area (Å²) in [4.78, 5) is 22.1. The summed E-state index contributed by atoms with van der Waals surface area (Å²) in [5.41, 5.74) is 4.31. The van der Waals surface area contributed by atoms with Gasteiger partial charge in [0.15, 0.2) is 0 Å². The molecule has 6 heteroatoms. The van der Waals surface area contributed by atoms with Gasteiger partial charge in [0.25, 0.3) is 0 Å². The number of nitrogens with one attached hydrogen (secondary N) is 1. The van der Waals surface area contributed by atoms with Gasteiger partial charge in [-0.1, -0.05) is 48.5 Å². The summed E-state index contributed by atoms with van der Waals surface area (Å²) >= 11 is 0. The predicted octanol–water partition coefficient (Wildman–Crippen LogP) is 1.93. The van der Waals surface area contributed by atoms with Crippen LogP contribution in [0.5, 0.6) is 0 Å². The van der Waals surface area contributed by atoms with E-state index < -0.39 is 18.3 Å². The van der Waals surface area contributed by atoms with Crippen molar-refractivity contribution in [2.75, 3.05) is 6.61 Å². The molecule has 0 fully saturated rings. The van der Waals surface area contributed by atoms with Gasteiger partial charge >= 0.3 is 12.1 Å². The molecule has 0 aliphatic heterocycles. The van der Waals surface area contributed by atoms with Crippen molar-refractivity contribution in [3.63, 3.8) is 0 Å². The van der Waals surface area contributed by atoms with Crippen LogP contribution in [0.3, 0.4) is 0 Å². The fourth-order valence-corrected chi connectivity index (χ4v) is 2.81.